The maximum atomic E-state index is 6.27. The lowest BCUT2D eigenvalue weighted by Gasteiger charge is -2.09. The summed E-state index contributed by atoms with van der Waals surface area (Å²) >= 11 is 18.5. The van der Waals surface area contributed by atoms with Crippen LogP contribution in [0.3, 0.4) is 0 Å². The fourth-order valence-electron chi connectivity index (χ4n) is 1.67. The number of rotatable bonds is 1. The summed E-state index contributed by atoms with van der Waals surface area (Å²) in [6.45, 7) is 0. The van der Waals surface area contributed by atoms with E-state index in [4.69, 9.17) is 34.8 Å². The highest BCUT2D eigenvalue weighted by molar-refractivity contribution is 6.40. The van der Waals surface area contributed by atoms with E-state index in [-0.39, 0.29) is 5.15 Å². The predicted octanol–water partition coefficient (Wildman–Crippen LogP) is 3.75. The monoisotopic (exact) mass is 298 g/mol. The smallest absolute Gasteiger partial charge is 0.198 e. The summed E-state index contributed by atoms with van der Waals surface area (Å²) in [5, 5.41) is 5.10. The Morgan fingerprint density at radius 2 is 1.83 bits per heavy atom. The van der Waals surface area contributed by atoms with Gasteiger partial charge in [0.2, 0.25) is 0 Å². The van der Waals surface area contributed by atoms with Gasteiger partial charge in [-0.05, 0) is 6.07 Å². The van der Waals surface area contributed by atoms with Crippen molar-refractivity contribution in [1.82, 2.24) is 19.6 Å². The van der Waals surface area contributed by atoms with Gasteiger partial charge in [0.15, 0.2) is 0 Å². The second kappa shape index (κ2) is 4.39. The zero-order chi connectivity index (χ0) is 12.7. The summed E-state index contributed by atoms with van der Waals surface area (Å²) in [6.07, 6.45) is 1.36. The van der Waals surface area contributed by atoms with Gasteiger partial charge in [0.05, 0.1) is 5.56 Å². The van der Waals surface area contributed by atoms with Crippen LogP contribution in [-0.4, -0.2) is 19.6 Å². The maximum Gasteiger partial charge on any atom is 0.255 e. The van der Waals surface area contributed by atoms with Gasteiger partial charge in [-0.1, -0.05) is 53.0 Å². The minimum atomic E-state index is 0.244. The van der Waals surface area contributed by atoms with Crippen LogP contribution in [0.25, 0.3) is 16.9 Å². The summed E-state index contributed by atoms with van der Waals surface area (Å²) in [7, 11) is 0. The van der Waals surface area contributed by atoms with Crippen molar-refractivity contribution in [1.29, 1.82) is 0 Å². The van der Waals surface area contributed by atoms with Gasteiger partial charge in [-0.15, -0.1) is 0 Å². The average molecular weight is 300 g/mol. The molecule has 90 valence electrons. The van der Waals surface area contributed by atoms with E-state index in [9.17, 15) is 0 Å². The highest BCUT2D eigenvalue weighted by Crippen LogP contribution is 2.37. The molecule has 0 saturated heterocycles. The third-order valence-corrected chi connectivity index (χ3v) is 3.42. The molecule has 0 saturated carbocycles. The Morgan fingerprint density at radius 1 is 1.06 bits per heavy atom. The van der Waals surface area contributed by atoms with E-state index in [1.807, 2.05) is 18.2 Å². The normalized spacial score (nSPS) is 11.1. The van der Waals surface area contributed by atoms with E-state index in [0.717, 1.165) is 0 Å². The molecule has 0 radical (unpaired) electrons. The van der Waals surface area contributed by atoms with Crippen LogP contribution >= 0.6 is 34.8 Å². The van der Waals surface area contributed by atoms with Crippen molar-refractivity contribution >= 4 is 40.6 Å². The molecule has 0 unspecified atom stereocenters. The first-order chi connectivity index (χ1) is 8.68. The lowest BCUT2D eigenvalue weighted by molar-refractivity contribution is 0.942. The van der Waals surface area contributed by atoms with Crippen LogP contribution in [0, 0.1) is 0 Å². The van der Waals surface area contributed by atoms with E-state index in [0.29, 0.717) is 27.1 Å². The molecule has 0 amide bonds. The van der Waals surface area contributed by atoms with Crippen LogP contribution in [0.15, 0.2) is 30.6 Å². The standard InChI is InChI=1S/C11H5Cl3N4/c12-7-4-2-1-3-6(7)8-9(13)17-11-15-5-16-18(11)10(8)14/h1-5H. The first kappa shape index (κ1) is 11.7. The Bertz CT molecular complexity index is 738. The van der Waals surface area contributed by atoms with Gasteiger partial charge in [0.1, 0.15) is 16.6 Å². The number of hydrogen-bond donors (Lipinski definition) is 0. The molecular weight excluding hydrogens is 295 g/mol. The molecule has 18 heavy (non-hydrogen) atoms. The van der Waals surface area contributed by atoms with Gasteiger partial charge in [0.25, 0.3) is 5.78 Å². The van der Waals surface area contributed by atoms with Crippen molar-refractivity contribution < 1.29 is 0 Å². The molecule has 0 aliphatic heterocycles. The third kappa shape index (κ3) is 1.73. The second-order valence-electron chi connectivity index (χ2n) is 3.52. The number of halogens is 3. The molecular formula is C11H5Cl3N4. The van der Waals surface area contributed by atoms with Crippen molar-refractivity contribution in [3.8, 4) is 11.1 Å². The number of benzene rings is 1. The molecule has 0 aliphatic rings. The molecule has 0 aliphatic carbocycles. The Balaban J connectivity index is 2.39. The number of nitrogens with zero attached hydrogens (tertiary/aromatic N) is 4. The zero-order valence-electron chi connectivity index (χ0n) is 8.81. The molecule has 3 rings (SSSR count). The van der Waals surface area contributed by atoms with Gasteiger partial charge in [0, 0.05) is 10.6 Å². The van der Waals surface area contributed by atoms with Gasteiger partial charge in [-0.3, -0.25) is 0 Å². The van der Waals surface area contributed by atoms with Crippen LogP contribution in [-0.2, 0) is 0 Å². The topological polar surface area (TPSA) is 43.1 Å². The molecule has 7 heteroatoms. The molecule has 0 bridgehead atoms. The summed E-state index contributed by atoms with van der Waals surface area (Å²) in [6, 6.07) is 7.25. The van der Waals surface area contributed by atoms with Crippen molar-refractivity contribution in [3.63, 3.8) is 0 Å². The Morgan fingerprint density at radius 3 is 2.61 bits per heavy atom. The van der Waals surface area contributed by atoms with Gasteiger partial charge >= 0.3 is 0 Å². The Hall–Kier alpha value is -1.36. The summed E-state index contributed by atoms with van der Waals surface area (Å²) in [4.78, 5) is 8.06. The molecule has 0 atom stereocenters. The van der Waals surface area contributed by atoms with Crippen LogP contribution in [0.4, 0.5) is 0 Å². The van der Waals surface area contributed by atoms with Gasteiger partial charge in [-0.2, -0.15) is 19.6 Å². The van der Waals surface area contributed by atoms with E-state index in [1.165, 1.54) is 10.8 Å². The molecule has 2 heterocycles. The highest BCUT2D eigenvalue weighted by Gasteiger charge is 2.17. The molecule has 0 N–H and O–H groups in total. The first-order valence-electron chi connectivity index (χ1n) is 4.98. The molecule has 0 spiro atoms. The molecule has 4 nitrogen and oxygen atoms in total. The lowest BCUT2D eigenvalue weighted by atomic mass is 10.1. The van der Waals surface area contributed by atoms with Crippen molar-refractivity contribution in [2.24, 2.45) is 0 Å². The molecule has 1 aromatic carbocycles. The number of aromatic nitrogens is 4. The fourth-order valence-corrected chi connectivity index (χ4v) is 2.53. The Labute approximate surface area is 117 Å². The summed E-state index contributed by atoms with van der Waals surface area (Å²) in [5.74, 6) is 0.348. The minimum Gasteiger partial charge on any atom is -0.198 e. The van der Waals surface area contributed by atoms with Crippen LogP contribution in [0.5, 0.6) is 0 Å². The van der Waals surface area contributed by atoms with Gasteiger partial charge < -0.3 is 0 Å². The van der Waals surface area contributed by atoms with E-state index < -0.39 is 0 Å². The summed E-state index contributed by atoms with van der Waals surface area (Å²) in [5.41, 5.74) is 1.25. The second-order valence-corrected chi connectivity index (χ2v) is 4.64. The fraction of sp³-hybridized carbons (Fsp3) is 0. The van der Waals surface area contributed by atoms with Crippen LogP contribution < -0.4 is 0 Å². The van der Waals surface area contributed by atoms with Crippen molar-refractivity contribution in [3.05, 3.63) is 45.9 Å². The summed E-state index contributed by atoms with van der Waals surface area (Å²) < 4.78 is 1.41. The maximum absolute atomic E-state index is 6.27. The SMILES string of the molecule is Clc1ccccc1-c1c(Cl)nc2ncnn2c1Cl. The largest absolute Gasteiger partial charge is 0.255 e. The van der Waals surface area contributed by atoms with Gasteiger partial charge in [-0.25, -0.2) is 0 Å². The van der Waals surface area contributed by atoms with E-state index in [1.54, 1.807) is 6.07 Å². The van der Waals surface area contributed by atoms with Crippen LogP contribution in [0.1, 0.15) is 0 Å². The number of hydrogen-bond acceptors (Lipinski definition) is 3. The van der Waals surface area contributed by atoms with Crippen molar-refractivity contribution in [2.75, 3.05) is 0 Å². The Kier molecular flexibility index (Phi) is 2.86. The quantitative estimate of drug-likeness (QED) is 0.643. The van der Waals surface area contributed by atoms with Crippen molar-refractivity contribution in [2.45, 2.75) is 0 Å². The average Bonchev–Trinajstić information content (AvgIpc) is 2.79. The third-order valence-electron chi connectivity index (χ3n) is 2.47. The van der Waals surface area contributed by atoms with Crippen LogP contribution in [0.2, 0.25) is 15.3 Å². The highest BCUT2D eigenvalue weighted by atomic mass is 35.5. The van der Waals surface area contributed by atoms with E-state index in [2.05, 4.69) is 15.1 Å². The molecule has 0 fully saturated rings. The molecule has 2 aromatic heterocycles. The zero-order valence-corrected chi connectivity index (χ0v) is 11.1. The predicted molar refractivity (Wildman–Crippen MR) is 71.2 cm³/mol. The minimum absolute atomic E-state index is 0.244. The molecule has 3 aromatic rings. The lowest BCUT2D eigenvalue weighted by Crippen LogP contribution is -1.97. The first-order valence-corrected chi connectivity index (χ1v) is 6.11. The number of fused-ring (bicyclic) bond motifs is 1. The van der Waals surface area contributed by atoms with E-state index >= 15 is 0 Å².